The van der Waals surface area contributed by atoms with E-state index in [2.05, 4.69) is 25.2 Å². The number of anilines is 2. The van der Waals surface area contributed by atoms with Gasteiger partial charge in [0.1, 0.15) is 18.0 Å². The molecule has 0 radical (unpaired) electrons. The number of pyridine rings is 1. The smallest absolute Gasteiger partial charge is 0.228 e. The lowest BCUT2D eigenvalue weighted by Gasteiger charge is -2.32. The third kappa shape index (κ3) is 3.96. The van der Waals surface area contributed by atoms with Crippen molar-refractivity contribution < 1.29 is 4.79 Å². The summed E-state index contributed by atoms with van der Waals surface area (Å²) in [6.07, 6.45) is 4.69. The van der Waals surface area contributed by atoms with Crippen LogP contribution < -0.4 is 10.2 Å². The highest BCUT2D eigenvalue weighted by Crippen LogP contribution is 2.23. The average Bonchev–Trinajstić information content (AvgIpc) is 2.57. The van der Waals surface area contributed by atoms with Gasteiger partial charge in [-0.05, 0) is 31.9 Å². The van der Waals surface area contributed by atoms with Gasteiger partial charge in [0.2, 0.25) is 5.91 Å². The van der Waals surface area contributed by atoms with Crippen molar-refractivity contribution in [2.45, 2.75) is 19.8 Å². The molecular formula is C16H18ClN5O. The molecule has 1 fully saturated rings. The van der Waals surface area contributed by atoms with Crippen LogP contribution in [0.3, 0.4) is 0 Å². The summed E-state index contributed by atoms with van der Waals surface area (Å²) >= 11 is 5.79. The van der Waals surface area contributed by atoms with Gasteiger partial charge in [-0.15, -0.1) is 0 Å². The normalized spacial score (nSPS) is 15.5. The van der Waals surface area contributed by atoms with Crippen LogP contribution in [0, 0.1) is 12.8 Å². The molecule has 0 bridgehead atoms. The minimum absolute atomic E-state index is 0.00772. The van der Waals surface area contributed by atoms with Gasteiger partial charge < -0.3 is 10.2 Å². The fraction of sp³-hybridized carbons (Fsp3) is 0.375. The molecule has 23 heavy (non-hydrogen) atoms. The molecule has 2 aromatic heterocycles. The van der Waals surface area contributed by atoms with Crippen molar-refractivity contribution in [3.63, 3.8) is 0 Å². The third-order valence-corrected chi connectivity index (χ3v) is 4.18. The Balaban J connectivity index is 1.56. The molecule has 120 valence electrons. The lowest BCUT2D eigenvalue weighted by atomic mass is 9.96. The van der Waals surface area contributed by atoms with Crippen molar-refractivity contribution in [1.82, 2.24) is 15.0 Å². The minimum atomic E-state index is -0.00772. The molecule has 6 nitrogen and oxygen atoms in total. The van der Waals surface area contributed by atoms with Crippen molar-refractivity contribution in [3.8, 4) is 0 Å². The molecular weight excluding hydrogens is 314 g/mol. The largest absolute Gasteiger partial charge is 0.356 e. The van der Waals surface area contributed by atoms with Gasteiger partial charge in [-0.2, -0.15) is 0 Å². The van der Waals surface area contributed by atoms with Crippen molar-refractivity contribution in [1.29, 1.82) is 0 Å². The number of nitrogens with zero attached hydrogens (tertiary/aromatic N) is 4. The number of carbonyl (C=O) groups is 1. The minimum Gasteiger partial charge on any atom is -0.356 e. The highest BCUT2D eigenvalue weighted by atomic mass is 35.5. The van der Waals surface area contributed by atoms with E-state index in [1.165, 1.54) is 6.20 Å². The first-order valence-electron chi connectivity index (χ1n) is 7.58. The molecule has 3 heterocycles. The molecule has 0 aromatic carbocycles. The van der Waals surface area contributed by atoms with Crippen LogP contribution >= 0.6 is 11.6 Å². The Morgan fingerprint density at radius 3 is 2.70 bits per heavy atom. The maximum absolute atomic E-state index is 12.3. The van der Waals surface area contributed by atoms with Gasteiger partial charge in [-0.3, -0.25) is 4.79 Å². The fourth-order valence-corrected chi connectivity index (χ4v) is 2.77. The van der Waals surface area contributed by atoms with Crippen molar-refractivity contribution >= 4 is 29.1 Å². The van der Waals surface area contributed by atoms with Crippen LogP contribution in [0.15, 0.2) is 30.7 Å². The molecule has 2 aromatic rings. The zero-order valence-corrected chi connectivity index (χ0v) is 13.6. The number of hydrogen-bond acceptors (Lipinski definition) is 5. The topological polar surface area (TPSA) is 71.0 Å². The summed E-state index contributed by atoms with van der Waals surface area (Å²) in [5, 5.41) is 3.40. The Bertz CT molecular complexity index is 683. The summed E-state index contributed by atoms with van der Waals surface area (Å²) in [4.78, 5) is 27.0. The Morgan fingerprint density at radius 1 is 1.26 bits per heavy atom. The Labute approximate surface area is 139 Å². The number of carbonyl (C=O) groups excluding carboxylic acids is 1. The molecule has 1 amide bonds. The predicted molar refractivity (Wildman–Crippen MR) is 89.6 cm³/mol. The molecule has 1 aliphatic rings. The van der Waals surface area contributed by atoms with Gasteiger partial charge in [0, 0.05) is 37.0 Å². The van der Waals surface area contributed by atoms with Gasteiger partial charge in [-0.1, -0.05) is 11.6 Å². The van der Waals surface area contributed by atoms with Crippen LogP contribution in [-0.2, 0) is 4.79 Å². The lowest BCUT2D eigenvalue weighted by Crippen LogP contribution is -2.38. The Hall–Kier alpha value is -2.21. The van der Waals surface area contributed by atoms with Gasteiger partial charge in [-0.25, -0.2) is 15.0 Å². The third-order valence-electron chi connectivity index (χ3n) is 3.96. The van der Waals surface area contributed by atoms with Crippen LogP contribution in [0.2, 0.25) is 5.02 Å². The molecule has 0 aliphatic carbocycles. The highest BCUT2D eigenvalue weighted by molar-refractivity contribution is 6.30. The zero-order valence-electron chi connectivity index (χ0n) is 12.9. The van der Waals surface area contributed by atoms with E-state index in [4.69, 9.17) is 11.6 Å². The molecule has 1 N–H and O–H groups in total. The summed E-state index contributed by atoms with van der Waals surface area (Å²) in [5.41, 5.74) is 0.948. The van der Waals surface area contributed by atoms with Crippen LogP contribution in [0.1, 0.15) is 18.5 Å². The Morgan fingerprint density at radius 2 is 2.04 bits per heavy atom. The number of aryl methyl sites for hydroxylation is 1. The molecule has 1 saturated heterocycles. The zero-order chi connectivity index (χ0) is 16.2. The number of hydrogen-bond donors (Lipinski definition) is 1. The second-order valence-electron chi connectivity index (χ2n) is 5.63. The second-order valence-corrected chi connectivity index (χ2v) is 6.07. The van der Waals surface area contributed by atoms with Gasteiger partial charge in [0.15, 0.2) is 0 Å². The van der Waals surface area contributed by atoms with E-state index in [1.54, 1.807) is 18.5 Å². The molecule has 7 heteroatoms. The fourth-order valence-electron chi connectivity index (χ4n) is 2.66. The van der Waals surface area contributed by atoms with Crippen molar-refractivity contribution in [2.24, 2.45) is 5.92 Å². The predicted octanol–water partition coefficient (Wildman–Crippen LogP) is 2.69. The number of nitrogens with one attached hydrogen (secondary N) is 1. The SMILES string of the molecule is Cc1cc(N2CCC(C(=O)Nc3ccc(Cl)cn3)CC2)ncn1. The van der Waals surface area contributed by atoms with E-state index < -0.39 is 0 Å². The lowest BCUT2D eigenvalue weighted by molar-refractivity contribution is -0.120. The number of rotatable bonds is 3. The van der Waals surface area contributed by atoms with Crippen LogP contribution in [0.5, 0.6) is 0 Å². The van der Waals surface area contributed by atoms with Crippen LogP contribution in [-0.4, -0.2) is 33.9 Å². The summed E-state index contributed by atoms with van der Waals surface area (Å²) in [6.45, 7) is 3.57. The quantitative estimate of drug-likeness (QED) is 0.936. The number of aromatic nitrogens is 3. The molecule has 3 rings (SSSR count). The van der Waals surface area contributed by atoms with Gasteiger partial charge in [0.05, 0.1) is 5.02 Å². The summed E-state index contributed by atoms with van der Waals surface area (Å²) < 4.78 is 0. The van der Waals surface area contributed by atoms with Crippen molar-refractivity contribution in [2.75, 3.05) is 23.3 Å². The first-order valence-corrected chi connectivity index (χ1v) is 7.95. The Kier molecular flexibility index (Phi) is 4.71. The van der Waals surface area contributed by atoms with Crippen LogP contribution in [0.25, 0.3) is 0 Å². The number of halogens is 1. The molecule has 1 aliphatic heterocycles. The molecule has 0 unspecified atom stereocenters. The molecule has 0 atom stereocenters. The van der Waals surface area contributed by atoms with E-state index in [1.807, 2.05) is 13.0 Å². The van der Waals surface area contributed by atoms with E-state index in [9.17, 15) is 4.79 Å². The highest BCUT2D eigenvalue weighted by Gasteiger charge is 2.25. The number of amides is 1. The van der Waals surface area contributed by atoms with Crippen molar-refractivity contribution in [3.05, 3.63) is 41.4 Å². The molecule has 0 spiro atoms. The van der Waals surface area contributed by atoms with Gasteiger partial charge in [0.25, 0.3) is 0 Å². The maximum Gasteiger partial charge on any atom is 0.228 e. The summed E-state index contributed by atoms with van der Waals surface area (Å²) in [6, 6.07) is 5.39. The molecule has 0 saturated carbocycles. The number of piperidine rings is 1. The van der Waals surface area contributed by atoms with E-state index in [0.29, 0.717) is 10.8 Å². The average molecular weight is 332 g/mol. The first kappa shape index (κ1) is 15.7. The monoisotopic (exact) mass is 331 g/mol. The first-order chi connectivity index (χ1) is 11.1. The van der Waals surface area contributed by atoms with E-state index >= 15 is 0 Å². The maximum atomic E-state index is 12.3. The van der Waals surface area contributed by atoms with Gasteiger partial charge >= 0.3 is 0 Å². The summed E-state index contributed by atoms with van der Waals surface area (Å²) in [5.74, 6) is 1.47. The van der Waals surface area contributed by atoms with Crippen LogP contribution in [0.4, 0.5) is 11.6 Å². The van der Waals surface area contributed by atoms with E-state index in [-0.39, 0.29) is 11.8 Å². The second kappa shape index (κ2) is 6.91. The van der Waals surface area contributed by atoms with E-state index in [0.717, 1.165) is 37.4 Å². The standard InChI is InChI=1S/C16H18ClN5O/c1-11-8-15(20-10-19-11)22-6-4-12(5-7-22)16(23)21-14-3-2-13(17)9-18-14/h2-3,8-10,12H,4-7H2,1H3,(H,18,21,23). The summed E-state index contributed by atoms with van der Waals surface area (Å²) in [7, 11) is 0.